The largest absolute Gasteiger partial charge is 0.496 e. The van der Waals surface area contributed by atoms with Gasteiger partial charge in [-0.15, -0.1) is 17.9 Å². The molecule has 2 rings (SSSR count). The van der Waals surface area contributed by atoms with E-state index in [2.05, 4.69) is 6.58 Å². The summed E-state index contributed by atoms with van der Waals surface area (Å²) in [5.41, 5.74) is 0.187. The third-order valence-electron chi connectivity index (χ3n) is 3.00. The first-order valence-electron chi connectivity index (χ1n) is 6.53. The highest BCUT2D eigenvalue weighted by Crippen LogP contribution is 2.25. The average Bonchev–Trinajstić information content (AvgIpc) is 2.91. The maximum Gasteiger partial charge on any atom is 0.258 e. The number of carbonyl (C=O) groups is 1. The van der Waals surface area contributed by atoms with Crippen LogP contribution in [0.2, 0.25) is 4.34 Å². The number of benzene rings is 1. The van der Waals surface area contributed by atoms with E-state index in [1.807, 2.05) is 6.07 Å². The summed E-state index contributed by atoms with van der Waals surface area (Å²) < 4.78 is 19.3. The Morgan fingerprint density at radius 3 is 2.82 bits per heavy atom. The summed E-state index contributed by atoms with van der Waals surface area (Å²) in [5, 5.41) is 0. The molecular weight excluding hydrogens is 325 g/mol. The molecule has 6 heteroatoms. The fourth-order valence-electron chi connectivity index (χ4n) is 2.02. The second kappa shape index (κ2) is 7.42. The van der Waals surface area contributed by atoms with Crippen molar-refractivity contribution < 1.29 is 13.9 Å². The Balaban J connectivity index is 2.29. The van der Waals surface area contributed by atoms with Gasteiger partial charge in [0.15, 0.2) is 0 Å². The smallest absolute Gasteiger partial charge is 0.258 e. The molecule has 1 aromatic heterocycles. The van der Waals surface area contributed by atoms with Crippen molar-refractivity contribution in [3.05, 3.63) is 63.6 Å². The minimum atomic E-state index is -0.484. The molecule has 0 atom stereocenters. The SMILES string of the molecule is C=CCN(Cc1ccc(Cl)s1)C(=O)c1cc(F)ccc1OC. The predicted octanol–water partition coefficient (Wildman–Crippen LogP) is 4.38. The highest BCUT2D eigenvalue weighted by molar-refractivity contribution is 7.16. The molecule has 0 saturated carbocycles. The first-order chi connectivity index (χ1) is 10.5. The molecule has 0 aliphatic rings. The van der Waals surface area contributed by atoms with Gasteiger partial charge < -0.3 is 9.64 Å². The molecule has 0 spiro atoms. The van der Waals surface area contributed by atoms with E-state index in [4.69, 9.17) is 16.3 Å². The molecule has 0 aliphatic heterocycles. The molecule has 1 amide bonds. The van der Waals surface area contributed by atoms with Crippen LogP contribution in [0, 0.1) is 5.82 Å². The maximum atomic E-state index is 13.5. The molecule has 1 heterocycles. The van der Waals surface area contributed by atoms with Gasteiger partial charge in [-0.3, -0.25) is 4.79 Å². The summed E-state index contributed by atoms with van der Waals surface area (Å²) in [6.07, 6.45) is 1.62. The third-order valence-corrected chi connectivity index (χ3v) is 4.22. The molecule has 0 aliphatic carbocycles. The Morgan fingerprint density at radius 2 is 2.23 bits per heavy atom. The van der Waals surface area contributed by atoms with E-state index in [0.717, 1.165) is 4.88 Å². The zero-order chi connectivity index (χ0) is 16.1. The first-order valence-corrected chi connectivity index (χ1v) is 7.72. The van der Waals surface area contributed by atoms with Gasteiger partial charge in [-0.25, -0.2) is 4.39 Å². The molecule has 0 radical (unpaired) electrons. The Labute approximate surface area is 137 Å². The van der Waals surface area contributed by atoms with Crippen molar-refractivity contribution in [3.63, 3.8) is 0 Å². The van der Waals surface area contributed by atoms with Gasteiger partial charge in [0.1, 0.15) is 11.6 Å². The fourth-order valence-corrected chi connectivity index (χ4v) is 3.12. The summed E-state index contributed by atoms with van der Waals surface area (Å²) in [4.78, 5) is 15.2. The Hall–Kier alpha value is -1.85. The molecule has 1 aromatic carbocycles. The summed E-state index contributed by atoms with van der Waals surface area (Å²) in [6.45, 7) is 4.38. The standard InChI is InChI=1S/C16H15ClFNO2S/c1-3-8-19(10-12-5-7-15(17)22-12)16(20)13-9-11(18)4-6-14(13)21-2/h3-7,9H,1,8,10H2,2H3. The number of amides is 1. The van der Waals surface area contributed by atoms with Crippen LogP contribution in [-0.2, 0) is 6.54 Å². The molecule has 0 fully saturated rings. The second-order valence-corrected chi connectivity index (χ2v) is 6.32. The highest BCUT2D eigenvalue weighted by atomic mass is 35.5. The van der Waals surface area contributed by atoms with Gasteiger partial charge in [-0.1, -0.05) is 17.7 Å². The zero-order valence-electron chi connectivity index (χ0n) is 12.0. The van der Waals surface area contributed by atoms with Gasteiger partial charge in [0, 0.05) is 11.4 Å². The molecular formula is C16H15ClFNO2S. The summed E-state index contributed by atoms with van der Waals surface area (Å²) in [6, 6.07) is 7.52. The number of hydrogen-bond acceptors (Lipinski definition) is 3. The van der Waals surface area contributed by atoms with Crippen LogP contribution in [0.5, 0.6) is 5.75 Å². The lowest BCUT2D eigenvalue weighted by Gasteiger charge is -2.21. The van der Waals surface area contributed by atoms with Gasteiger partial charge in [0.2, 0.25) is 0 Å². The first kappa shape index (κ1) is 16.5. The van der Waals surface area contributed by atoms with Crippen LogP contribution in [0.4, 0.5) is 4.39 Å². The van der Waals surface area contributed by atoms with Crippen LogP contribution >= 0.6 is 22.9 Å². The third kappa shape index (κ3) is 3.87. The Kier molecular flexibility index (Phi) is 5.57. The van der Waals surface area contributed by atoms with Gasteiger partial charge >= 0.3 is 0 Å². The van der Waals surface area contributed by atoms with Gasteiger partial charge in [-0.2, -0.15) is 0 Å². The van der Waals surface area contributed by atoms with Crippen molar-refractivity contribution in [2.75, 3.05) is 13.7 Å². The summed E-state index contributed by atoms with van der Waals surface area (Å²) >= 11 is 7.31. The van der Waals surface area contributed by atoms with E-state index in [0.29, 0.717) is 23.2 Å². The minimum absolute atomic E-state index is 0.187. The van der Waals surface area contributed by atoms with E-state index in [1.165, 1.54) is 36.6 Å². The average molecular weight is 340 g/mol. The molecule has 0 N–H and O–H groups in total. The molecule has 0 bridgehead atoms. The number of nitrogens with zero attached hydrogens (tertiary/aromatic N) is 1. The lowest BCUT2D eigenvalue weighted by molar-refractivity contribution is 0.0760. The Bertz CT molecular complexity index is 687. The molecule has 3 nitrogen and oxygen atoms in total. The van der Waals surface area contributed by atoms with Gasteiger partial charge in [0.05, 0.1) is 23.6 Å². The number of thiophene rings is 1. The monoisotopic (exact) mass is 339 g/mol. The van der Waals surface area contributed by atoms with Crippen molar-refractivity contribution in [1.29, 1.82) is 0 Å². The van der Waals surface area contributed by atoms with Crippen LogP contribution in [-0.4, -0.2) is 24.5 Å². The fraction of sp³-hybridized carbons (Fsp3) is 0.188. The number of rotatable bonds is 6. The van der Waals surface area contributed by atoms with Crippen LogP contribution in [0.25, 0.3) is 0 Å². The van der Waals surface area contributed by atoms with Crippen LogP contribution in [0.3, 0.4) is 0 Å². The Morgan fingerprint density at radius 1 is 1.45 bits per heavy atom. The second-order valence-electron chi connectivity index (χ2n) is 4.52. The normalized spacial score (nSPS) is 10.3. The number of hydrogen-bond donors (Lipinski definition) is 0. The summed E-state index contributed by atoms with van der Waals surface area (Å²) in [5.74, 6) is -0.465. The lowest BCUT2D eigenvalue weighted by Crippen LogP contribution is -2.30. The zero-order valence-corrected chi connectivity index (χ0v) is 13.6. The quantitative estimate of drug-likeness (QED) is 0.731. The lowest BCUT2D eigenvalue weighted by atomic mass is 10.1. The van der Waals surface area contributed by atoms with Gasteiger partial charge in [0.25, 0.3) is 5.91 Å². The molecule has 2 aromatic rings. The van der Waals surface area contributed by atoms with Crippen molar-refractivity contribution in [1.82, 2.24) is 4.90 Å². The topological polar surface area (TPSA) is 29.5 Å². The number of methoxy groups -OCH3 is 1. The van der Waals surface area contributed by atoms with E-state index in [1.54, 1.807) is 17.0 Å². The predicted molar refractivity (Wildman–Crippen MR) is 87.2 cm³/mol. The van der Waals surface area contributed by atoms with E-state index < -0.39 is 5.82 Å². The highest BCUT2D eigenvalue weighted by Gasteiger charge is 2.20. The van der Waals surface area contributed by atoms with Crippen molar-refractivity contribution in [2.45, 2.75) is 6.54 Å². The molecule has 22 heavy (non-hydrogen) atoms. The van der Waals surface area contributed by atoms with E-state index >= 15 is 0 Å². The summed E-state index contributed by atoms with van der Waals surface area (Å²) in [7, 11) is 1.45. The minimum Gasteiger partial charge on any atom is -0.496 e. The molecule has 0 saturated heterocycles. The van der Waals surface area contributed by atoms with Crippen LogP contribution in [0.15, 0.2) is 43.0 Å². The molecule has 116 valence electrons. The maximum absolute atomic E-state index is 13.5. The number of ether oxygens (including phenoxy) is 1. The van der Waals surface area contributed by atoms with E-state index in [-0.39, 0.29) is 11.5 Å². The van der Waals surface area contributed by atoms with Gasteiger partial charge in [-0.05, 0) is 30.3 Å². The van der Waals surface area contributed by atoms with Crippen LogP contribution in [0.1, 0.15) is 15.2 Å². The van der Waals surface area contributed by atoms with Crippen LogP contribution < -0.4 is 4.74 Å². The van der Waals surface area contributed by atoms with Crippen molar-refractivity contribution in [2.24, 2.45) is 0 Å². The molecule has 0 unspecified atom stereocenters. The van der Waals surface area contributed by atoms with E-state index in [9.17, 15) is 9.18 Å². The van der Waals surface area contributed by atoms with Crippen molar-refractivity contribution in [3.8, 4) is 5.75 Å². The number of carbonyl (C=O) groups excluding carboxylic acids is 1. The van der Waals surface area contributed by atoms with Crippen molar-refractivity contribution >= 4 is 28.8 Å². The number of halogens is 2.